The van der Waals surface area contributed by atoms with Gasteiger partial charge in [-0.05, 0) is 32.1 Å². The third-order valence-electron chi connectivity index (χ3n) is 5.00. The topological polar surface area (TPSA) is 90.3 Å². The van der Waals surface area contributed by atoms with Crippen LogP contribution in [0.25, 0.3) is 0 Å². The highest BCUT2D eigenvalue weighted by molar-refractivity contribution is 6.09. The van der Waals surface area contributed by atoms with Crippen LogP contribution in [0.15, 0.2) is 5.16 Å². The van der Waals surface area contributed by atoms with Crippen LogP contribution < -0.4 is 0 Å². The minimum absolute atomic E-state index is 0.143. The van der Waals surface area contributed by atoms with E-state index in [1.807, 2.05) is 0 Å². The molecule has 3 aliphatic rings. The molecule has 3 rings (SSSR count). The largest absolute Gasteiger partial charge is 0.411 e. The Morgan fingerprint density at radius 2 is 1.82 bits per heavy atom. The van der Waals surface area contributed by atoms with Crippen molar-refractivity contribution in [2.45, 2.75) is 38.5 Å². The van der Waals surface area contributed by atoms with Gasteiger partial charge in [-0.1, -0.05) is 5.16 Å². The van der Waals surface area contributed by atoms with E-state index in [0.29, 0.717) is 38.1 Å². The molecule has 0 radical (unpaired) electrons. The van der Waals surface area contributed by atoms with Gasteiger partial charge in [0.15, 0.2) is 0 Å². The second kappa shape index (κ2) is 6.06. The number of oxime groups is 1. The number of hydrogen-bond donors (Lipinski definition) is 1. The smallest absolute Gasteiger partial charge is 0.242 e. The lowest BCUT2D eigenvalue weighted by molar-refractivity contribution is -0.146. The Labute approximate surface area is 128 Å². The van der Waals surface area contributed by atoms with Gasteiger partial charge in [0.1, 0.15) is 6.54 Å². The number of likely N-dealkylation sites (tertiary alicyclic amines) is 2. The molecule has 0 aromatic carbocycles. The number of fused-ring (bicyclic) bond motifs is 1. The summed E-state index contributed by atoms with van der Waals surface area (Å²) >= 11 is 0. The number of nitrogens with zero attached hydrogens (tertiary/aromatic N) is 3. The van der Waals surface area contributed by atoms with Gasteiger partial charge in [0, 0.05) is 19.5 Å². The highest BCUT2D eigenvalue weighted by Crippen LogP contribution is 2.37. The van der Waals surface area contributed by atoms with E-state index in [0.717, 1.165) is 24.2 Å². The first-order valence-electron chi connectivity index (χ1n) is 7.94. The standard InChI is InChI=1S/C15H21N3O4/c19-13(17-6-2-1-3-7-17)9-18-14(20)11-5-4-10(16-22)8-12(11)15(18)21/h11-12,22H,1-9H2/b16-10+/t11-,12-/m1/s1. The predicted molar refractivity (Wildman–Crippen MR) is 77.2 cm³/mol. The van der Waals surface area contributed by atoms with Gasteiger partial charge in [-0.15, -0.1) is 0 Å². The van der Waals surface area contributed by atoms with Gasteiger partial charge in [-0.25, -0.2) is 0 Å². The van der Waals surface area contributed by atoms with Gasteiger partial charge < -0.3 is 10.1 Å². The second-order valence-corrected chi connectivity index (χ2v) is 6.33. The summed E-state index contributed by atoms with van der Waals surface area (Å²) in [5, 5.41) is 12.0. The Kier molecular flexibility index (Phi) is 4.13. The van der Waals surface area contributed by atoms with E-state index in [2.05, 4.69) is 5.16 Å². The van der Waals surface area contributed by atoms with E-state index >= 15 is 0 Å². The minimum Gasteiger partial charge on any atom is -0.411 e. The summed E-state index contributed by atoms with van der Waals surface area (Å²) < 4.78 is 0. The first-order chi connectivity index (χ1) is 10.6. The maximum Gasteiger partial charge on any atom is 0.242 e. The van der Waals surface area contributed by atoms with E-state index in [4.69, 9.17) is 5.21 Å². The molecule has 2 saturated heterocycles. The Morgan fingerprint density at radius 3 is 2.50 bits per heavy atom. The zero-order chi connectivity index (χ0) is 15.7. The second-order valence-electron chi connectivity index (χ2n) is 6.33. The van der Waals surface area contributed by atoms with Crippen molar-refractivity contribution in [2.24, 2.45) is 17.0 Å². The van der Waals surface area contributed by atoms with Gasteiger partial charge in [0.25, 0.3) is 0 Å². The number of amides is 3. The zero-order valence-corrected chi connectivity index (χ0v) is 12.5. The molecule has 22 heavy (non-hydrogen) atoms. The molecule has 7 heteroatoms. The summed E-state index contributed by atoms with van der Waals surface area (Å²) in [6.07, 6.45) is 4.46. The molecule has 1 aliphatic carbocycles. The first-order valence-corrected chi connectivity index (χ1v) is 7.94. The third kappa shape index (κ3) is 2.60. The van der Waals surface area contributed by atoms with Gasteiger partial charge in [0.05, 0.1) is 17.5 Å². The number of carbonyl (C=O) groups is 3. The molecular formula is C15H21N3O4. The fourth-order valence-corrected chi connectivity index (χ4v) is 3.71. The summed E-state index contributed by atoms with van der Waals surface area (Å²) in [6.45, 7) is 1.28. The number of carbonyl (C=O) groups excluding carboxylic acids is 3. The van der Waals surface area contributed by atoms with Crippen LogP contribution in [0.3, 0.4) is 0 Å². The number of rotatable bonds is 2. The van der Waals surface area contributed by atoms with Crippen LogP contribution in [0.5, 0.6) is 0 Å². The molecule has 0 aromatic rings. The van der Waals surface area contributed by atoms with Crippen LogP contribution in [0, 0.1) is 11.8 Å². The van der Waals surface area contributed by atoms with Gasteiger partial charge in [0.2, 0.25) is 17.7 Å². The van der Waals surface area contributed by atoms with Crippen LogP contribution in [0.2, 0.25) is 0 Å². The van der Waals surface area contributed by atoms with Crippen molar-refractivity contribution < 1.29 is 19.6 Å². The van der Waals surface area contributed by atoms with Gasteiger partial charge >= 0.3 is 0 Å². The summed E-state index contributed by atoms with van der Waals surface area (Å²) in [5.41, 5.74) is 0.562. The SMILES string of the molecule is O=C(CN1C(=O)[C@@H]2CC/C(=N\O)C[C@H]2C1=O)N1CCCCC1. The predicted octanol–water partition coefficient (Wildman–Crippen LogP) is 0.614. The van der Waals surface area contributed by atoms with Crippen LogP contribution >= 0.6 is 0 Å². The van der Waals surface area contributed by atoms with Crippen LogP contribution in [-0.4, -0.2) is 58.1 Å². The summed E-state index contributed by atoms with van der Waals surface area (Å²) in [4.78, 5) is 40.0. The maximum atomic E-state index is 12.4. The Bertz CT molecular complexity index is 525. The molecule has 0 aromatic heterocycles. The highest BCUT2D eigenvalue weighted by atomic mass is 16.4. The van der Waals surface area contributed by atoms with Crippen LogP contribution in [0.4, 0.5) is 0 Å². The van der Waals surface area contributed by atoms with Crippen molar-refractivity contribution in [1.82, 2.24) is 9.80 Å². The molecule has 7 nitrogen and oxygen atoms in total. The lowest BCUT2D eigenvalue weighted by atomic mass is 9.80. The van der Waals surface area contributed by atoms with Gasteiger partial charge in [-0.3, -0.25) is 19.3 Å². The molecule has 1 saturated carbocycles. The van der Waals surface area contributed by atoms with E-state index < -0.39 is 5.92 Å². The molecular weight excluding hydrogens is 286 g/mol. The Morgan fingerprint density at radius 1 is 1.14 bits per heavy atom. The molecule has 0 bridgehead atoms. The molecule has 3 amide bonds. The molecule has 0 unspecified atom stereocenters. The molecule has 1 N–H and O–H groups in total. The molecule has 2 aliphatic heterocycles. The van der Waals surface area contributed by atoms with Crippen LogP contribution in [0.1, 0.15) is 38.5 Å². The molecule has 120 valence electrons. The van der Waals surface area contributed by atoms with Crippen molar-refractivity contribution in [3.63, 3.8) is 0 Å². The monoisotopic (exact) mass is 307 g/mol. The van der Waals surface area contributed by atoms with Crippen molar-refractivity contribution >= 4 is 23.4 Å². The number of imide groups is 1. The van der Waals surface area contributed by atoms with Gasteiger partial charge in [-0.2, -0.15) is 0 Å². The number of hydrogen-bond acceptors (Lipinski definition) is 5. The zero-order valence-electron chi connectivity index (χ0n) is 12.5. The van der Waals surface area contributed by atoms with E-state index in [-0.39, 0.29) is 30.2 Å². The molecule has 0 spiro atoms. The lowest BCUT2D eigenvalue weighted by Gasteiger charge is -2.28. The normalized spacial score (nSPS) is 30.8. The van der Waals surface area contributed by atoms with E-state index in [1.165, 1.54) is 0 Å². The minimum atomic E-state index is -0.457. The summed E-state index contributed by atoms with van der Waals surface area (Å²) in [6, 6.07) is 0. The van der Waals surface area contributed by atoms with Crippen molar-refractivity contribution in [3.05, 3.63) is 0 Å². The summed E-state index contributed by atoms with van der Waals surface area (Å²) in [7, 11) is 0. The number of piperidine rings is 1. The Balaban J connectivity index is 1.68. The fraction of sp³-hybridized carbons (Fsp3) is 0.733. The maximum absolute atomic E-state index is 12.4. The van der Waals surface area contributed by atoms with Crippen LogP contribution in [-0.2, 0) is 14.4 Å². The molecule has 2 heterocycles. The van der Waals surface area contributed by atoms with Crippen molar-refractivity contribution in [2.75, 3.05) is 19.6 Å². The third-order valence-corrected chi connectivity index (χ3v) is 5.00. The Hall–Kier alpha value is -1.92. The highest BCUT2D eigenvalue weighted by Gasteiger charge is 2.50. The van der Waals surface area contributed by atoms with E-state index in [1.54, 1.807) is 4.90 Å². The molecule has 2 atom stereocenters. The first kappa shape index (κ1) is 15.0. The fourth-order valence-electron chi connectivity index (χ4n) is 3.71. The average Bonchev–Trinajstić information content (AvgIpc) is 2.80. The molecule has 3 fully saturated rings. The lowest BCUT2D eigenvalue weighted by Crippen LogP contribution is -2.44. The van der Waals surface area contributed by atoms with Crippen molar-refractivity contribution in [3.8, 4) is 0 Å². The van der Waals surface area contributed by atoms with E-state index in [9.17, 15) is 14.4 Å². The quantitative estimate of drug-likeness (QED) is 0.460. The summed E-state index contributed by atoms with van der Waals surface area (Å²) in [5.74, 6) is -1.48. The van der Waals surface area contributed by atoms with Crippen molar-refractivity contribution in [1.29, 1.82) is 0 Å². The average molecular weight is 307 g/mol.